The lowest BCUT2D eigenvalue weighted by Gasteiger charge is -2.34. The first kappa shape index (κ1) is 21.2. The second-order valence-electron chi connectivity index (χ2n) is 6.90. The number of rotatable bonds is 4. The van der Waals surface area contributed by atoms with E-state index in [4.69, 9.17) is 16.3 Å². The van der Waals surface area contributed by atoms with E-state index < -0.39 is 0 Å². The summed E-state index contributed by atoms with van der Waals surface area (Å²) in [4.78, 5) is 0. The van der Waals surface area contributed by atoms with E-state index in [0.29, 0.717) is 10.6 Å². The van der Waals surface area contributed by atoms with E-state index in [1.807, 2.05) is 48.5 Å². The van der Waals surface area contributed by atoms with Gasteiger partial charge in [-0.3, -0.25) is 5.32 Å². The molecule has 4 nitrogen and oxygen atoms in total. The van der Waals surface area contributed by atoms with Gasteiger partial charge >= 0.3 is 0 Å². The average Bonchev–Trinajstić information content (AvgIpc) is 2.75. The maximum atomic E-state index is 10.5. The SMILES string of the molecule is COc1ccc(Br)cc1C1NC(c2cccc(Br)c2)=CC(c2cc(Cl)ccc2O)N1. The molecule has 3 aromatic carbocycles. The second-order valence-corrected chi connectivity index (χ2v) is 9.17. The van der Waals surface area contributed by atoms with E-state index in [2.05, 4.69) is 42.5 Å². The Morgan fingerprint density at radius 2 is 1.77 bits per heavy atom. The summed E-state index contributed by atoms with van der Waals surface area (Å²) < 4.78 is 7.53. The summed E-state index contributed by atoms with van der Waals surface area (Å²) in [7, 11) is 1.65. The van der Waals surface area contributed by atoms with Gasteiger partial charge < -0.3 is 15.2 Å². The Hall–Kier alpha value is -1.99. The summed E-state index contributed by atoms with van der Waals surface area (Å²) in [6.07, 6.45) is 1.79. The normalized spacial score (nSPS) is 18.5. The van der Waals surface area contributed by atoms with Crippen LogP contribution in [0.4, 0.5) is 0 Å². The van der Waals surface area contributed by atoms with Gasteiger partial charge in [-0.15, -0.1) is 0 Å². The van der Waals surface area contributed by atoms with Gasteiger partial charge in [0, 0.05) is 30.8 Å². The molecule has 0 amide bonds. The van der Waals surface area contributed by atoms with Gasteiger partial charge in [-0.25, -0.2) is 0 Å². The summed E-state index contributed by atoms with van der Waals surface area (Å²) in [6.45, 7) is 0. The van der Waals surface area contributed by atoms with Gasteiger partial charge in [-0.2, -0.15) is 0 Å². The molecule has 0 radical (unpaired) electrons. The zero-order valence-electron chi connectivity index (χ0n) is 16.0. The van der Waals surface area contributed by atoms with Crippen LogP contribution in [0, 0.1) is 0 Å². The summed E-state index contributed by atoms with van der Waals surface area (Å²) in [5, 5.41) is 18.2. The molecular formula is C23H19Br2ClN2O2. The highest BCUT2D eigenvalue weighted by Gasteiger charge is 2.28. The second kappa shape index (κ2) is 9.02. The van der Waals surface area contributed by atoms with E-state index in [-0.39, 0.29) is 18.0 Å². The summed E-state index contributed by atoms with van der Waals surface area (Å²) in [5.74, 6) is 0.941. The molecule has 0 saturated heterocycles. The lowest BCUT2D eigenvalue weighted by molar-refractivity contribution is 0.379. The monoisotopic (exact) mass is 548 g/mol. The van der Waals surface area contributed by atoms with Crippen molar-refractivity contribution in [1.82, 2.24) is 10.6 Å². The summed E-state index contributed by atoms with van der Waals surface area (Å²) >= 11 is 13.3. The number of methoxy groups -OCH3 is 1. The Balaban J connectivity index is 1.82. The standard InChI is InChI=1S/C23H19Br2ClN2O2/c1-30-22-8-5-15(25)10-18(22)23-27-19(13-3-2-4-14(24)9-13)12-20(28-23)17-11-16(26)6-7-21(17)29/h2-12,20,23,27-29H,1H3. The molecule has 1 heterocycles. The van der Waals surface area contributed by atoms with Crippen molar-refractivity contribution in [2.75, 3.05) is 7.11 Å². The number of phenolic OH excluding ortho intramolecular Hbond substituents is 1. The van der Waals surface area contributed by atoms with Crippen LogP contribution >= 0.6 is 43.5 Å². The Morgan fingerprint density at radius 1 is 0.967 bits per heavy atom. The fourth-order valence-electron chi connectivity index (χ4n) is 3.53. The van der Waals surface area contributed by atoms with Crippen LogP contribution < -0.4 is 15.4 Å². The lowest BCUT2D eigenvalue weighted by atomic mass is 9.97. The first-order valence-electron chi connectivity index (χ1n) is 9.27. The van der Waals surface area contributed by atoms with Crippen molar-refractivity contribution < 1.29 is 9.84 Å². The maximum Gasteiger partial charge on any atom is 0.125 e. The molecule has 3 aromatic rings. The molecular weight excluding hydrogens is 532 g/mol. The molecule has 3 N–H and O–H groups in total. The van der Waals surface area contributed by atoms with Crippen molar-refractivity contribution in [3.05, 3.63) is 97.4 Å². The minimum absolute atomic E-state index is 0.184. The number of aromatic hydroxyl groups is 1. The van der Waals surface area contributed by atoms with Crippen LogP contribution in [0.1, 0.15) is 28.9 Å². The average molecular weight is 551 g/mol. The molecule has 1 aliphatic rings. The molecule has 4 rings (SSSR count). The number of phenols is 1. The van der Waals surface area contributed by atoms with Crippen molar-refractivity contribution >= 4 is 49.2 Å². The van der Waals surface area contributed by atoms with Crippen LogP contribution in [-0.4, -0.2) is 12.2 Å². The predicted molar refractivity (Wildman–Crippen MR) is 128 cm³/mol. The van der Waals surface area contributed by atoms with Gasteiger partial charge in [0.05, 0.1) is 13.2 Å². The Morgan fingerprint density at radius 3 is 2.53 bits per heavy atom. The Bertz CT molecular complexity index is 1120. The van der Waals surface area contributed by atoms with Crippen LogP contribution in [-0.2, 0) is 0 Å². The van der Waals surface area contributed by atoms with Gasteiger partial charge in [0.2, 0.25) is 0 Å². The largest absolute Gasteiger partial charge is 0.508 e. The van der Waals surface area contributed by atoms with Gasteiger partial charge in [0.1, 0.15) is 17.7 Å². The number of benzene rings is 3. The van der Waals surface area contributed by atoms with Crippen LogP contribution in [0.3, 0.4) is 0 Å². The Kier molecular flexibility index (Phi) is 6.39. The zero-order chi connectivity index (χ0) is 21.3. The Labute approximate surface area is 197 Å². The molecule has 0 bridgehead atoms. The van der Waals surface area contributed by atoms with Crippen LogP contribution in [0.15, 0.2) is 75.7 Å². The third-order valence-corrected chi connectivity index (χ3v) is 6.16. The highest BCUT2D eigenvalue weighted by atomic mass is 79.9. The van der Waals surface area contributed by atoms with E-state index in [9.17, 15) is 5.11 Å². The first-order chi connectivity index (χ1) is 14.4. The summed E-state index contributed by atoms with van der Waals surface area (Å²) in [5.41, 5.74) is 3.61. The van der Waals surface area contributed by atoms with E-state index in [1.165, 1.54) is 0 Å². The minimum atomic E-state index is -0.271. The van der Waals surface area contributed by atoms with E-state index >= 15 is 0 Å². The number of ether oxygens (including phenoxy) is 1. The quantitative estimate of drug-likeness (QED) is 0.345. The van der Waals surface area contributed by atoms with Crippen molar-refractivity contribution in [3.63, 3.8) is 0 Å². The number of nitrogens with one attached hydrogen (secondary N) is 2. The molecule has 2 atom stereocenters. The molecule has 0 saturated carbocycles. The topological polar surface area (TPSA) is 53.5 Å². The van der Waals surface area contributed by atoms with E-state index in [0.717, 1.165) is 31.5 Å². The smallest absolute Gasteiger partial charge is 0.125 e. The van der Waals surface area contributed by atoms with Crippen LogP contribution in [0.25, 0.3) is 5.70 Å². The third kappa shape index (κ3) is 4.52. The van der Waals surface area contributed by atoms with Gasteiger partial charge in [-0.05, 0) is 60.2 Å². The van der Waals surface area contributed by atoms with Crippen LogP contribution in [0.5, 0.6) is 11.5 Å². The zero-order valence-corrected chi connectivity index (χ0v) is 19.9. The summed E-state index contributed by atoms with van der Waals surface area (Å²) in [6, 6.07) is 18.7. The maximum absolute atomic E-state index is 10.5. The minimum Gasteiger partial charge on any atom is -0.508 e. The lowest BCUT2D eigenvalue weighted by Crippen LogP contribution is -2.39. The molecule has 7 heteroatoms. The van der Waals surface area contributed by atoms with Crippen molar-refractivity contribution in [2.24, 2.45) is 0 Å². The van der Waals surface area contributed by atoms with E-state index in [1.54, 1.807) is 25.3 Å². The molecule has 1 aliphatic heterocycles. The predicted octanol–water partition coefficient (Wildman–Crippen LogP) is 6.55. The molecule has 0 aromatic heterocycles. The van der Waals surface area contributed by atoms with Gasteiger partial charge in [0.15, 0.2) is 0 Å². The van der Waals surface area contributed by atoms with Gasteiger partial charge in [-0.1, -0.05) is 55.6 Å². The molecule has 0 aliphatic carbocycles. The highest BCUT2D eigenvalue weighted by Crippen LogP contribution is 2.37. The van der Waals surface area contributed by atoms with Gasteiger partial charge in [0.25, 0.3) is 0 Å². The number of hydrogen-bond donors (Lipinski definition) is 3. The number of hydrogen-bond acceptors (Lipinski definition) is 4. The fraction of sp³-hybridized carbons (Fsp3) is 0.130. The van der Waals surface area contributed by atoms with Crippen molar-refractivity contribution in [1.29, 1.82) is 0 Å². The molecule has 0 fully saturated rings. The van der Waals surface area contributed by atoms with Crippen molar-refractivity contribution in [2.45, 2.75) is 12.2 Å². The molecule has 2 unspecified atom stereocenters. The molecule has 154 valence electrons. The highest BCUT2D eigenvalue weighted by molar-refractivity contribution is 9.10. The molecule has 30 heavy (non-hydrogen) atoms. The first-order valence-corrected chi connectivity index (χ1v) is 11.2. The molecule has 0 spiro atoms. The fourth-order valence-corrected chi connectivity index (χ4v) is 4.49. The number of halogens is 3. The third-order valence-electron chi connectivity index (χ3n) is 4.94. The van der Waals surface area contributed by atoms with Crippen LogP contribution in [0.2, 0.25) is 5.02 Å². The van der Waals surface area contributed by atoms with Crippen molar-refractivity contribution in [3.8, 4) is 11.5 Å².